The first-order valence-corrected chi connectivity index (χ1v) is 6.74. The van der Waals surface area contributed by atoms with Crippen LogP contribution < -0.4 is 4.74 Å². The van der Waals surface area contributed by atoms with Gasteiger partial charge in [-0.05, 0) is 42.0 Å². The largest absolute Gasteiger partial charge is 0.507 e. The molecule has 0 unspecified atom stereocenters. The summed E-state index contributed by atoms with van der Waals surface area (Å²) in [4.78, 5) is 12.0. The minimum Gasteiger partial charge on any atom is -0.507 e. The number of phenols is 1. The van der Waals surface area contributed by atoms with Gasteiger partial charge < -0.3 is 9.84 Å². The molecule has 1 N–H and O–H groups in total. The van der Waals surface area contributed by atoms with Gasteiger partial charge in [-0.1, -0.05) is 34.1 Å². The second kappa shape index (κ2) is 6.39. The minimum atomic E-state index is -0.245. The zero-order chi connectivity index (χ0) is 14.5. The molecular formula is C16H13BrO3. The fourth-order valence-electron chi connectivity index (χ4n) is 1.69. The van der Waals surface area contributed by atoms with Crippen molar-refractivity contribution in [1.82, 2.24) is 0 Å². The Morgan fingerprint density at radius 3 is 2.50 bits per heavy atom. The van der Waals surface area contributed by atoms with Crippen molar-refractivity contribution in [3.8, 4) is 11.5 Å². The van der Waals surface area contributed by atoms with Crippen molar-refractivity contribution in [2.45, 2.75) is 0 Å². The number of hydrogen-bond acceptors (Lipinski definition) is 3. The molecule has 0 saturated heterocycles. The number of rotatable bonds is 4. The van der Waals surface area contributed by atoms with Crippen molar-refractivity contribution >= 4 is 27.8 Å². The molecule has 0 spiro atoms. The van der Waals surface area contributed by atoms with Crippen LogP contribution in [0, 0.1) is 0 Å². The molecule has 0 aromatic heterocycles. The number of carbonyl (C=O) groups is 1. The van der Waals surface area contributed by atoms with Crippen molar-refractivity contribution < 1.29 is 14.6 Å². The van der Waals surface area contributed by atoms with Gasteiger partial charge in [0, 0.05) is 4.47 Å². The molecule has 0 amide bonds. The van der Waals surface area contributed by atoms with Gasteiger partial charge in [0.05, 0.1) is 12.7 Å². The second-order valence-electron chi connectivity index (χ2n) is 4.13. The first kappa shape index (κ1) is 14.3. The van der Waals surface area contributed by atoms with E-state index in [9.17, 15) is 9.90 Å². The maximum absolute atomic E-state index is 12.0. The molecule has 3 nitrogen and oxygen atoms in total. The monoisotopic (exact) mass is 332 g/mol. The lowest BCUT2D eigenvalue weighted by atomic mass is 10.1. The van der Waals surface area contributed by atoms with Crippen LogP contribution in [0.3, 0.4) is 0 Å². The number of hydrogen-bond donors (Lipinski definition) is 1. The molecule has 102 valence electrons. The predicted molar refractivity (Wildman–Crippen MR) is 82.2 cm³/mol. The standard InChI is InChI=1S/C16H13BrO3/c1-20-13-6-2-11(3-7-13)4-9-15(18)14-8-5-12(17)10-16(14)19/h2-10,19H,1H3/b9-4+. The van der Waals surface area contributed by atoms with Gasteiger partial charge in [0.25, 0.3) is 0 Å². The minimum absolute atomic E-state index is 0.0382. The molecule has 0 atom stereocenters. The summed E-state index contributed by atoms with van der Waals surface area (Å²) in [7, 11) is 1.60. The highest BCUT2D eigenvalue weighted by Crippen LogP contribution is 2.23. The van der Waals surface area contributed by atoms with Crippen LogP contribution in [-0.2, 0) is 0 Å². The number of aromatic hydroxyl groups is 1. The highest BCUT2D eigenvalue weighted by molar-refractivity contribution is 9.10. The maximum atomic E-state index is 12.0. The van der Waals surface area contributed by atoms with E-state index in [0.717, 1.165) is 15.8 Å². The zero-order valence-corrected chi connectivity index (χ0v) is 12.4. The van der Waals surface area contributed by atoms with Crippen molar-refractivity contribution in [2.75, 3.05) is 7.11 Å². The number of ketones is 1. The predicted octanol–water partition coefficient (Wildman–Crippen LogP) is 4.06. The smallest absolute Gasteiger partial charge is 0.189 e. The number of phenolic OH excluding ortho intramolecular Hbond substituents is 1. The highest BCUT2D eigenvalue weighted by Gasteiger charge is 2.08. The van der Waals surface area contributed by atoms with E-state index in [2.05, 4.69) is 15.9 Å². The summed E-state index contributed by atoms with van der Waals surface area (Å²) in [6.07, 6.45) is 3.13. The molecule has 0 heterocycles. The number of benzene rings is 2. The fraction of sp³-hybridized carbons (Fsp3) is 0.0625. The lowest BCUT2D eigenvalue weighted by molar-refractivity contribution is 0.104. The average Bonchev–Trinajstić information content (AvgIpc) is 2.45. The Labute approximate surface area is 125 Å². The number of halogens is 1. The summed E-state index contributed by atoms with van der Waals surface area (Å²) in [5, 5.41) is 9.73. The molecule has 0 fully saturated rings. The van der Waals surface area contributed by atoms with Crippen LogP contribution in [0.15, 0.2) is 53.0 Å². The lowest BCUT2D eigenvalue weighted by Gasteiger charge is -2.01. The molecule has 0 saturated carbocycles. The summed E-state index contributed by atoms with van der Waals surface area (Å²) in [6.45, 7) is 0. The van der Waals surface area contributed by atoms with Gasteiger partial charge in [-0.2, -0.15) is 0 Å². The molecular weight excluding hydrogens is 320 g/mol. The van der Waals surface area contributed by atoms with Crippen LogP contribution in [0.5, 0.6) is 11.5 Å². The molecule has 2 aromatic rings. The fourth-order valence-corrected chi connectivity index (χ4v) is 2.04. The van der Waals surface area contributed by atoms with Gasteiger partial charge in [-0.25, -0.2) is 0 Å². The molecule has 0 aliphatic heterocycles. The Hall–Kier alpha value is -2.07. The zero-order valence-electron chi connectivity index (χ0n) is 10.8. The maximum Gasteiger partial charge on any atom is 0.189 e. The van der Waals surface area contributed by atoms with Crippen LogP contribution in [0.2, 0.25) is 0 Å². The molecule has 20 heavy (non-hydrogen) atoms. The summed E-state index contributed by atoms with van der Waals surface area (Å²) in [6, 6.07) is 12.1. The van der Waals surface area contributed by atoms with E-state index in [0.29, 0.717) is 0 Å². The molecule has 2 rings (SSSR count). The van der Waals surface area contributed by atoms with E-state index in [1.165, 1.54) is 12.1 Å². The van der Waals surface area contributed by atoms with Crippen molar-refractivity contribution in [3.05, 3.63) is 64.1 Å². The lowest BCUT2D eigenvalue weighted by Crippen LogP contribution is -1.94. The van der Waals surface area contributed by atoms with Crippen molar-refractivity contribution in [3.63, 3.8) is 0 Å². The summed E-state index contributed by atoms with van der Waals surface area (Å²) in [5.74, 6) is 0.480. The van der Waals surface area contributed by atoms with Crippen molar-refractivity contribution in [1.29, 1.82) is 0 Å². The van der Waals surface area contributed by atoms with Crippen LogP contribution >= 0.6 is 15.9 Å². The molecule has 0 aliphatic carbocycles. The number of methoxy groups -OCH3 is 1. The molecule has 2 aromatic carbocycles. The van der Waals surface area contributed by atoms with Crippen molar-refractivity contribution in [2.24, 2.45) is 0 Å². The van der Waals surface area contributed by atoms with Crippen LogP contribution in [0.1, 0.15) is 15.9 Å². The van der Waals surface area contributed by atoms with Gasteiger partial charge in [0.15, 0.2) is 5.78 Å². The van der Waals surface area contributed by atoms with Gasteiger partial charge in [0.2, 0.25) is 0 Å². The van der Waals surface area contributed by atoms with E-state index >= 15 is 0 Å². The van der Waals surface area contributed by atoms with E-state index < -0.39 is 0 Å². The molecule has 0 bridgehead atoms. The Morgan fingerprint density at radius 1 is 1.20 bits per heavy atom. The first-order chi connectivity index (χ1) is 9.60. The van der Waals surface area contributed by atoms with E-state index in [1.54, 1.807) is 25.3 Å². The van der Waals surface area contributed by atoms with E-state index in [1.807, 2.05) is 24.3 Å². The summed E-state index contributed by atoms with van der Waals surface area (Å²) < 4.78 is 5.79. The third-order valence-electron chi connectivity index (χ3n) is 2.77. The third kappa shape index (κ3) is 3.48. The number of ether oxygens (including phenoxy) is 1. The molecule has 0 aliphatic rings. The third-order valence-corrected chi connectivity index (χ3v) is 3.26. The van der Waals surface area contributed by atoms with Crippen LogP contribution in [0.25, 0.3) is 6.08 Å². The van der Waals surface area contributed by atoms with E-state index in [4.69, 9.17) is 4.74 Å². The summed E-state index contributed by atoms with van der Waals surface area (Å²) >= 11 is 3.23. The Kier molecular flexibility index (Phi) is 4.58. The normalized spacial score (nSPS) is 10.7. The highest BCUT2D eigenvalue weighted by atomic mass is 79.9. The summed E-state index contributed by atoms with van der Waals surface area (Å²) in [5.41, 5.74) is 1.16. The second-order valence-corrected chi connectivity index (χ2v) is 5.05. The van der Waals surface area contributed by atoms with Crippen LogP contribution in [-0.4, -0.2) is 18.0 Å². The quantitative estimate of drug-likeness (QED) is 0.678. The number of allylic oxidation sites excluding steroid dienone is 1. The Bertz CT molecular complexity index is 645. The molecule has 0 radical (unpaired) electrons. The molecule has 4 heteroatoms. The van der Waals surface area contributed by atoms with E-state index in [-0.39, 0.29) is 17.1 Å². The van der Waals surface area contributed by atoms with Gasteiger partial charge in [0.1, 0.15) is 11.5 Å². The SMILES string of the molecule is COc1ccc(/C=C/C(=O)c2ccc(Br)cc2O)cc1. The van der Waals surface area contributed by atoms with Crippen LogP contribution in [0.4, 0.5) is 0 Å². The Morgan fingerprint density at radius 2 is 1.90 bits per heavy atom. The Balaban J connectivity index is 2.15. The number of carbonyl (C=O) groups excluding carboxylic acids is 1. The van der Waals surface area contributed by atoms with Gasteiger partial charge >= 0.3 is 0 Å². The topological polar surface area (TPSA) is 46.5 Å². The van der Waals surface area contributed by atoms with Gasteiger partial charge in [-0.15, -0.1) is 0 Å². The van der Waals surface area contributed by atoms with Gasteiger partial charge in [-0.3, -0.25) is 4.79 Å². The average molecular weight is 333 g/mol. The first-order valence-electron chi connectivity index (χ1n) is 5.95.